The minimum Gasteiger partial charge on any atom is -0.494 e. The Kier molecular flexibility index (Phi) is 5.37. The number of aryl methyl sites for hydroxylation is 2. The zero-order valence-corrected chi connectivity index (χ0v) is 15.0. The number of amides is 1. The van der Waals surface area contributed by atoms with Gasteiger partial charge in [0.05, 0.1) is 6.61 Å². The Balaban J connectivity index is 1.61. The van der Waals surface area contributed by atoms with E-state index in [0.29, 0.717) is 25.0 Å². The maximum absolute atomic E-state index is 12.2. The van der Waals surface area contributed by atoms with Gasteiger partial charge < -0.3 is 15.0 Å². The van der Waals surface area contributed by atoms with Crippen molar-refractivity contribution in [1.29, 1.82) is 0 Å². The molecule has 0 aliphatic rings. The third kappa shape index (κ3) is 4.30. The first-order valence-corrected chi connectivity index (χ1v) is 8.70. The van der Waals surface area contributed by atoms with Crippen LogP contribution in [-0.2, 0) is 11.2 Å². The number of H-pyrrole nitrogens is 1. The number of carbonyl (C=O) groups is 1. The van der Waals surface area contributed by atoms with E-state index in [1.807, 2.05) is 55.5 Å². The van der Waals surface area contributed by atoms with Gasteiger partial charge in [0.1, 0.15) is 5.75 Å². The summed E-state index contributed by atoms with van der Waals surface area (Å²) in [6.07, 6.45) is 0.976. The first kappa shape index (κ1) is 17.7. The summed E-state index contributed by atoms with van der Waals surface area (Å²) < 4.78 is 5.38. The van der Waals surface area contributed by atoms with Gasteiger partial charge in [0.2, 0.25) is 5.91 Å². The number of hydrogen-bond acceptors (Lipinski definition) is 3. The van der Waals surface area contributed by atoms with Crippen molar-refractivity contribution in [2.24, 2.45) is 0 Å². The van der Waals surface area contributed by atoms with Crippen molar-refractivity contribution in [3.63, 3.8) is 0 Å². The van der Waals surface area contributed by atoms with Crippen molar-refractivity contribution in [3.8, 4) is 5.75 Å². The molecule has 134 valence electrons. The quantitative estimate of drug-likeness (QED) is 0.710. The molecular formula is C21H22N2O3. The van der Waals surface area contributed by atoms with Crippen LogP contribution in [0.4, 0.5) is 5.69 Å². The van der Waals surface area contributed by atoms with Gasteiger partial charge in [0, 0.05) is 23.2 Å². The molecule has 2 N–H and O–H groups in total. The molecule has 5 nitrogen and oxygen atoms in total. The molecular weight excluding hydrogens is 328 g/mol. The molecule has 1 aromatic heterocycles. The molecule has 0 aliphatic carbocycles. The van der Waals surface area contributed by atoms with Crippen LogP contribution in [0.15, 0.2) is 53.3 Å². The molecule has 3 rings (SSSR count). The summed E-state index contributed by atoms with van der Waals surface area (Å²) in [7, 11) is 0. The van der Waals surface area contributed by atoms with Crippen molar-refractivity contribution in [2.75, 3.05) is 11.9 Å². The lowest BCUT2D eigenvalue weighted by Crippen LogP contribution is -2.12. The number of nitrogens with one attached hydrogen (secondary N) is 2. The first-order chi connectivity index (χ1) is 12.5. The number of carbonyl (C=O) groups excluding carboxylic acids is 1. The van der Waals surface area contributed by atoms with E-state index in [4.69, 9.17) is 4.74 Å². The molecule has 0 aliphatic heterocycles. The van der Waals surface area contributed by atoms with Gasteiger partial charge in [0.25, 0.3) is 5.56 Å². The highest BCUT2D eigenvalue weighted by Crippen LogP contribution is 2.17. The predicted octanol–water partition coefficient (Wildman–Crippen LogP) is 3.81. The molecule has 0 saturated heterocycles. The number of aromatic nitrogens is 1. The number of hydrogen-bond donors (Lipinski definition) is 2. The van der Waals surface area contributed by atoms with Gasteiger partial charge in [-0.15, -0.1) is 0 Å². The molecule has 0 radical (unpaired) electrons. The fraction of sp³-hybridized carbons (Fsp3) is 0.238. The van der Waals surface area contributed by atoms with Gasteiger partial charge in [-0.3, -0.25) is 9.59 Å². The van der Waals surface area contributed by atoms with Crippen molar-refractivity contribution >= 4 is 22.5 Å². The zero-order chi connectivity index (χ0) is 18.5. The molecule has 0 spiro atoms. The first-order valence-electron chi connectivity index (χ1n) is 8.70. The maximum Gasteiger partial charge on any atom is 0.251 e. The van der Waals surface area contributed by atoms with Crippen LogP contribution in [0.1, 0.15) is 24.5 Å². The van der Waals surface area contributed by atoms with E-state index in [1.54, 1.807) is 6.92 Å². The van der Waals surface area contributed by atoms with Gasteiger partial charge in [0.15, 0.2) is 0 Å². The minimum atomic E-state index is -0.0807. The van der Waals surface area contributed by atoms with Crippen LogP contribution in [0.5, 0.6) is 5.75 Å². The van der Waals surface area contributed by atoms with E-state index in [-0.39, 0.29) is 11.5 Å². The fourth-order valence-electron chi connectivity index (χ4n) is 2.80. The predicted molar refractivity (Wildman–Crippen MR) is 104 cm³/mol. The second-order valence-corrected chi connectivity index (χ2v) is 6.21. The summed E-state index contributed by atoms with van der Waals surface area (Å²) in [5.41, 5.74) is 3.17. The molecule has 26 heavy (non-hydrogen) atoms. The number of fused-ring (bicyclic) bond motifs is 1. The van der Waals surface area contributed by atoms with E-state index in [1.165, 1.54) is 0 Å². The van der Waals surface area contributed by atoms with Crippen molar-refractivity contribution in [3.05, 3.63) is 70.0 Å². The number of pyridine rings is 1. The second-order valence-electron chi connectivity index (χ2n) is 6.21. The highest BCUT2D eigenvalue weighted by Gasteiger charge is 2.05. The van der Waals surface area contributed by atoms with E-state index in [0.717, 1.165) is 27.9 Å². The van der Waals surface area contributed by atoms with Crippen LogP contribution in [0.3, 0.4) is 0 Å². The van der Waals surface area contributed by atoms with Crippen LogP contribution in [0, 0.1) is 6.92 Å². The summed E-state index contributed by atoms with van der Waals surface area (Å²) >= 11 is 0. The van der Waals surface area contributed by atoms with Crippen molar-refractivity contribution in [1.82, 2.24) is 4.98 Å². The van der Waals surface area contributed by atoms with E-state index >= 15 is 0 Å². The average Bonchev–Trinajstić information content (AvgIpc) is 2.63. The highest BCUT2D eigenvalue weighted by atomic mass is 16.5. The zero-order valence-electron chi connectivity index (χ0n) is 15.0. The number of ether oxygens (including phenoxy) is 1. The summed E-state index contributed by atoms with van der Waals surface area (Å²) in [6.45, 7) is 4.33. The average molecular weight is 350 g/mol. The van der Waals surface area contributed by atoms with Crippen molar-refractivity contribution < 1.29 is 9.53 Å². The van der Waals surface area contributed by atoms with Crippen LogP contribution in [0.2, 0.25) is 0 Å². The molecule has 0 atom stereocenters. The second kappa shape index (κ2) is 7.87. The third-order valence-corrected chi connectivity index (χ3v) is 4.19. The lowest BCUT2D eigenvalue weighted by molar-refractivity contribution is -0.116. The van der Waals surface area contributed by atoms with Gasteiger partial charge in [-0.05, 0) is 67.6 Å². The third-order valence-electron chi connectivity index (χ3n) is 4.19. The van der Waals surface area contributed by atoms with E-state index in [2.05, 4.69) is 10.3 Å². The minimum absolute atomic E-state index is 0.0494. The van der Waals surface area contributed by atoms with Crippen molar-refractivity contribution in [2.45, 2.75) is 26.7 Å². The summed E-state index contributed by atoms with van der Waals surface area (Å²) in [4.78, 5) is 26.8. The number of aromatic amines is 1. The number of rotatable bonds is 6. The largest absolute Gasteiger partial charge is 0.494 e. The number of anilines is 1. The van der Waals surface area contributed by atoms with Crippen LogP contribution in [0.25, 0.3) is 10.9 Å². The van der Waals surface area contributed by atoms with Gasteiger partial charge in [-0.1, -0.05) is 12.1 Å². The van der Waals surface area contributed by atoms with Crippen LogP contribution in [-0.4, -0.2) is 17.5 Å². The molecule has 0 unspecified atom stereocenters. The Bertz CT molecular complexity index is 975. The molecule has 0 bridgehead atoms. The molecule has 0 saturated carbocycles. The highest BCUT2D eigenvalue weighted by molar-refractivity contribution is 5.91. The van der Waals surface area contributed by atoms with E-state index < -0.39 is 0 Å². The Morgan fingerprint density at radius 3 is 2.62 bits per heavy atom. The van der Waals surface area contributed by atoms with Crippen LogP contribution < -0.4 is 15.6 Å². The lowest BCUT2D eigenvalue weighted by atomic mass is 10.1. The lowest BCUT2D eigenvalue weighted by Gasteiger charge is -2.08. The SMILES string of the molecule is CCOc1ccc(NC(=O)CCc2ccc3cc(C)c(=O)[nH]c3c2)cc1. The Morgan fingerprint density at radius 2 is 1.88 bits per heavy atom. The standard InChI is InChI=1S/C21H22N2O3/c1-3-26-18-9-7-17(8-10-18)22-20(24)11-5-15-4-6-16-12-14(2)21(25)23-19(16)13-15/h4,6-10,12-13H,3,5,11H2,1-2H3,(H,22,24)(H,23,25). The maximum atomic E-state index is 12.2. The van der Waals surface area contributed by atoms with Crippen LogP contribution >= 0.6 is 0 Å². The summed E-state index contributed by atoms with van der Waals surface area (Å²) in [5, 5.41) is 3.87. The topological polar surface area (TPSA) is 71.2 Å². The van der Waals surface area contributed by atoms with E-state index in [9.17, 15) is 9.59 Å². The molecule has 0 fully saturated rings. The van der Waals surface area contributed by atoms with Gasteiger partial charge in [-0.2, -0.15) is 0 Å². The molecule has 5 heteroatoms. The molecule has 2 aromatic carbocycles. The van der Waals surface area contributed by atoms with Gasteiger partial charge >= 0.3 is 0 Å². The molecule has 1 heterocycles. The van der Waals surface area contributed by atoms with Gasteiger partial charge in [-0.25, -0.2) is 0 Å². The fourth-order valence-corrected chi connectivity index (χ4v) is 2.80. The molecule has 1 amide bonds. The normalized spacial score (nSPS) is 10.7. The number of benzene rings is 2. The smallest absolute Gasteiger partial charge is 0.251 e. The molecule has 3 aromatic rings. The summed E-state index contributed by atoms with van der Waals surface area (Å²) in [6, 6.07) is 15.1. The Labute approximate surface area is 152 Å². The Hall–Kier alpha value is -3.08. The Morgan fingerprint density at radius 1 is 1.12 bits per heavy atom. The monoisotopic (exact) mass is 350 g/mol. The summed E-state index contributed by atoms with van der Waals surface area (Å²) in [5.74, 6) is 0.734.